The summed E-state index contributed by atoms with van der Waals surface area (Å²) in [4.78, 5) is 25.4. The van der Waals surface area contributed by atoms with E-state index in [-0.39, 0.29) is 17.8 Å². The molecule has 0 aliphatic rings. The molecular weight excluding hydrogens is 310 g/mol. The van der Waals surface area contributed by atoms with Gasteiger partial charge in [-0.15, -0.1) is 11.3 Å². The minimum atomic E-state index is -1.08. The molecule has 5 heteroatoms. The van der Waals surface area contributed by atoms with Crippen LogP contribution in [0.3, 0.4) is 0 Å². The lowest BCUT2D eigenvalue weighted by atomic mass is 10.1. The van der Waals surface area contributed by atoms with E-state index in [9.17, 15) is 14.7 Å². The minimum Gasteiger partial charge on any atom is -0.477 e. The van der Waals surface area contributed by atoms with E-state index >= 15 is 0 Å². The van der Waals surface area contributed by atoms with Crippen molar-refractivity contribution >= 4 is 27.4 Å². The zero-order chi connectivity index (χ0) is 16.6. The SMILES string of the molecule is CCc1cc2c(=O)n(Cc3ccc(C)cc3)c(C(=O)O)cc2s1. The summed E-state index contributed by atoms with van der Waals surface area (Å²) in [6.07, 6.45) is 0.832. The van der Waals surface area contributed by atoms with E-state index < -0.39 is 5.97 Å². The van der Waals surface area contributed by atoms with Crippen molar-refractivity contribution in [3.63, 3.8) is 0 Å². The van der Waals surface area contributed by atoms with Crippen LogP contribution in [-0.2, 0) is 13.0 Å². The predicted octanol–water partition coefficient (Wildman–Crippen LogP) is 3.68. The molecule has 118 valence electrons. The van der Waals surface area contributed by atoms with E-state index in [1.54, 1.807) is 6.07 Å². The Hall–Kier alpha value is -2.40. The van der Waals surface area contributed by atoms with Crippen LogP contribution < -0.4 is 5.56 Å². The lowest BCUT2D eigenvalue weighted by Crippen LogP contribution is -2.26. The molecule has 3 aromatic rings. The van der Waals surface area contributed by atoms with Crippen molar-refractivity contribution < 1.29 is 9.90 Å². The number of nitrogens with zero attached hydrogens (tertiary/aromatic N) is 1. The van der Waals surface area contributed by atoms with Crippen LogP contribution in [-0.4, -0.2) is 15.6 Å². The second kappa shape index (κ2) is 6.01. The largest absolute Gasteiger partial charge is 0.477 e. The van der Waals surface area contributed by atoms with Gasteiger partial charge in [0.1, 0.15) is 5.69 Å². The van der Waals surface area contributed by atoms with Crippen LogP contribution in [0.2, 0.25) is 0 Å². The first-order valence-corrected chi connectivity index (χ1v) is 8.26. The first-order chi connectivity index (χ1) is 11.0. The Bertz CT molecular complexity index is 935. The smallest absolute Gasteiger partial charge is 0.352 e. The highest BCUT2D eigenvalue weighted by atomic mass is 32.1. The highest BCUT2D eigenvalue weighted by Crippen LogP contribution is 2.25. The van der Waals surface area contributed by atoms with Gasteiger partial charge in [-0.05, 0) is 31.0 Å². The van der Waals surface area contributed by atoms with Gasteiger partial charge in [-0.25, -0.2) is 4.79 Å². The number of pyridine rings is 1. The zero-order valence-corrected chi connectivity index (χ0v) is 13.8. The second-order valence-electron chi connectivity index (χ2n) is 5.56. The Morgan fingerprint density at radius 2 is 1.91 bits per heavy atom. The number of aromatic carboxylic acids is 1. The van der Waals surface area contributed by atoms with E-state index in [1.165, 1.54) is 15.9 Å². The van der Waals surface area contributed by atoms with Gasteiger partial charge >= 0.3 is 5.97 Å². The Morgan fingerprint density at radius 3 is 2.52 bits per heavy atom. The van der Waals surface area contributed by atoms with Crippen molar-refractivity contribution in [1.82, 2.24) is 4.57 Å². The van der Waals surface area contributed by atoms with Crippen LogP contribution in [0.4, 0.5) is 0 Å². The molecule has 1 N–H and O–H groups in total. The maximum atomic E-state index is 12.8. The molecule has 0 fully saturated rings. The third kappa shape index (κ3) is 2.92. The van der Waals surface area contributed by atoms with Gasteiger partial charge in [0.05, 0.1) is 11.9 Å². The van der Waals surface area contributed by atoms with Crippen LogP contribution in [0.25, 0.3) is 10.1 Å². The molecule has 3 rings (SSSR count). The summed E-state index contributed by atoms with van der Waals surface area (Å²) in [7, 11) is 0. The quantitative estimate of drug-likeness (QED) is 0.795. The Balaban J connectivity index is 2.18. The summed E-state index contributed by atoms with van der Waals surface area (Å²) < 4.78 is 2.09. The third-order valence-electron chi connectivity index (χ3n) is 3.87. The van der Waals surface area contributed by atoms with Gasteiger partial charge in [-0.3, -0.25) is 9.36 Å². The van der Waals surface area contributed by atoms with Gasteiger partial charge in [0.15, 0.2) is 0 Å². The summed E-state index contributed by atoms with van der Waals surface area (Å²) in [5.74, 6) is -1.08. The number of carboxylic acids is 1. The first-order valence-electron chi connectivity index (χ1n) is 7.44. The molecule has 2 heterocycles. The number of rotatable bonds is 4. The van der Waals surface area contributed by atoms with Crippen LogP contribution in [0.5, 0.6) is 0 Å². The third-order valence-corrected chi connectivity index (χ3v) is 5.10. The monoisotopic (exact) mass is 327 g/mol. The van der Waals surface area contributed by atoms with Gasteiger partial charge in [-0.2, -0.15) is 0 Å². The number of aryl methyl sites for hydroxylation is 2. The van der Waals surface area contributed by atoms with Gasteiger partial charge < -0.3 is 5.11 Å². The highest BCUT2D eigenvalue weighted by Gasteiger charge is 2.16. The van der Waals surface area contributed by atoms with E-state index in [1.807, 2.05) is 44.2 Å². The molecule has 4 nitrogen and oxygen atoms in total. The predicted molar refractivity (Wildman–Crippen MR) is 92.7 cm³/mol. The van der Waals surface area contributed by atoms with E-state index in [2.05, 4.69) is 0 Å². The molecule has 1 aromatic carbocycles. The van der Waals surface area contributed by atoms with Crippen molar-refractivity contribution in [2.24, 2.45) is 0 Å². The van der Waals surface area contributed by atoms with Crippen LogP contribution in [0.15, 0.2) is 41.2 Å². The summed E-state index contributed by atoms with van der Waals surface area (Å²) in [6.45, 7) is 4.27. The number of carbonyl (C=O) groups is 1. The van der Waals surface area contributed by atoms with Gasteiger partial charge in [0.2, 0.25) is 0 Å². The van der Waals surface area contributed by atoms with Gasteiger partial charge in [0, 0.05) is 9.58 Å². The number of fused-ring (bicyclic) bond motifs is 1. The maximum Gasteiger partial charge on any atom is 0.352 e. The highest BCUT2D eigenvalue weighted by molar-refractivity contribution is 7.19. The van der Waals surface area contributed by atoms with Crippen LogP contribution in [0, 0.1) is 6.92 Å². The van der Waals surface area contributed by atoms with Crippen molar-refractivity contribution in [3.8, 4) is 0 Å². The van der Waals surface area contributed by atoms with Crippen LogP contribution in [0.1, 0.15) is 33.4 Å². The van der Waals surface area contributed by atoms with E-state index in [0.717, 1.165) is 27.1 Å². The summed E-state index contributed by atoms with van der Waals surface area (Å²) in [5.41, 5.74) is 1.83. The first kappa shape index (κ1) is 15.5. The van der Waals surface area contributed by atoms with Crippen LogP contribution >= 0.6 is 11.3 Å². The summed E-state index contributed by atoms with van der Waals surface area (Å²) in [5, 5.41) is 10.1. The fourth-order valence-corrected chi connectivity index (χ4v) is 3.60. The molecule has 0 radical (unpaired) electrons. The maximum absolute atomic E-state index is 12.8. The lowest BCUT2D eigenvalue weighted by molar-refractivity contribution is 0.0684. The summed E-state index contributed by atoms with van der Waals surface area (Å²) >= 11 is 1.48. The Morgan fingerprint density at radius 1 is 1.22 bits per heavy atom. The standard InChI is InChI=1S/C18H17NO3S/c1-3-13-8-14-16(23-13)9-15(18(21)22)19(17(14)20)10-12-6-4-11(2)5-7-12/h4-9H,3,10H2,1-2H3,(H,21,22). The second-order valence-corrected chi connectivity index (χ2v) is 6.72. The fraction of sp³-hybridized carbons (Fsp3) is 0.222. The Labute approximate surface area is 137 Å². The number of aromatic nitrogens is 1. The van der Waals surface area contributed by atoms with E-state index in [4.69, 9.17) is 0 Å². The lowest BCUT2D eigenvalue weighted by Gasteiger charge is -2.10. The van der Waals surface area contributed by atoms with Crippen molar-refractivity contribution in [2.45, 2.75) is 26.8 Å². The summed E-state index contributed by atoms with van der Waals surface area (Å²) in [6, 6.07) is 11.2. The molecule has 0 unspecified atom stereocenters. The molecule has 0 saturated heterocycles. The number of hydrogen-bond donors (Lipinski definition) is 1. The number of benzene rings is 1. The molecular formula is C18H17NO3S. The van der Waals surface area contributed by atoms with Crippen molar-refractivity contribution in [1.29, 1.82) is 0 Å². The molecule has 0 saturated carbocycles. The molecule has 0 atom stereocenters. The molecule has 23 heavy (non-hydrogen) atoms. The average molecular weight is 327 g/mol. The molecule has 0 bridgehead atoms. The molecule has 2 aromatic heterocycles. The van der Waals surface area contributed by atoms with Crippen molar-refractivity contribution in [3.05, 3.63) is 68.4 Å². The molecule has 0 aliphatic carbocycles. The van der Waals surface area contributed by atoms with E-state index in [0.29, 0.717) is 5.39 Å². The number of carboxylic acid groups (broad SMARTS) is 1. The average Bonchev–Trinajstić information content (AvgIpc) is 2.95. The number of hydrogen-bond acceptors (Lipinski definition) is 3. The molecule has 0 spiro atoms. The Kier molecular flexibility index (Phi) is 4.05. The normalized spacial score (nSPS) is 11.0. The fourth-order valence-electron chi connectivity index (χ4n) is 2.57. The number of thiophene rings is 1. The molecule has 0 aliphatic heterocycles. The van der Waals surface area contributed by atoms with Gasteiger partial charge in [0.25, 0.3) is 5.56 Å². The minimum absolute atomic E-state index is 0.0348. The molecule has 0 amide bonds. The topological polar surface area (TPSA) is 59.3 Å². The van der Waals surface area contributed by atoms with Crippen molar-refractivity contribution in [2.75, 3.05) is 0 Å². The zero-order valence-electron chi connectivity index (χ0n) is 13.0. The van der Waals surface area contributed by atoms with Gasteiger partial charge in [-0.1, -0.05) is 36.8 Å².